The van der Waals surface area contributed by atoms with Crippen molar-refractivity contribution in [3.8, 4) is 0 Å². The van der Waals surface area contributed by atoms with Crippen molar-refractivity contribution in [1.29, 1.82) is 0 Å². The van der Waals surface area contributed by atoms with E-state index < -0.39 is 16.9 Å². The summed E-state index contributed by atoms with van der Waals surface area (Å²) in [5.74, 6) is -0.570. The molecule has 0 radical (unpaired) electrons. The molecule has 0 amide bonds. The van der Waals surface area contributed by atoms with Crippen molar-refractivity contribution in [1.82, 2.24) is 10.6 Å². The quantitative estimate of drug-likeness (QED) is 0.298. The smallest absolute Gasteiger partial charge is 0.337 e. The molecule has 3 N–H and O–H groups in total. The molecule has 0 aliphatic carbocycles. The van der Waals surface area contributed by atoms with Crippen molar-refractivity contribution >= 4 is 29.0 Å². The third-order valence-electron chi connectivity index (χ3n) is 3.51. The standard InChI is InChI=1S/C15H17N3O5S/c1-9-13(12(8-19)17-15(24)16-9)14(20)23-6-5-10-3-2-4-11(7-10)18(21)22/h2-4,7,12,19H,5-6,8H2,1H3,(H2,16,17,24). The molecule has 0 saturated carbocycles. The van der Waals surface area contributed by atoms with Gasteiger partial charge in [0, 0.05) is 24.3 Å². The molecule has 1 aliphatic heterocycles. The molecule has 9 heteroatoms. The van der Waals surface area contributed by atoms with Crippen LogP contribution < -0.4 is 10.6 Å². The number of nitro benzene ring substituents is 1. The topological polar surface area (TPSA) is 114 Å². The molecule has 1 atom stereocenters. The van der Waals surface area contributed by atoms with Crippen molar-refractivity contribution in [2.24, 2.45) is 0 Å². The van der Waals surface area contributed by atoms with Crippen molar-refractivity contribution in [2.45, 2.75) is 19.4 Å². The molecule has 1 aromatic carbocycles. The number of thiocarbonyl (C=S) groups is 1. The lowest BCUT2D eigenvalue weighted by Gasteiger charge is -2.28. The second-order valence-electron chi connectivity index (χ2n) is 5.19. The van der Waals surface area contributed by atoms with E-state index in [2.05, 4.69) is 10.6 Å². The van der Waals surface area contributed by atoms with Gasteiger partial charge < -0.3 is 20.5 Å². The fourth-order valence-electron chi connectivity index (χ4n) is 2.36. The van der Waals surface area contributed by atoms with Crippen molar-refractivity contribution < 1.29 is 19.6 Å². The SMILES string of the molecule is CC1=C(C(=O)OCCc2cccc([N+](=O)[O-])c2)C(CO)NC(=S)N1. The molecule has 0 aromatic heterocycles. The first kappa shape index (κ1) is 17.8. The predicted octanol–water partition coefficient (Wildman–Crippen LogP) is 0.793. The normalized spacial score (nSPS) is 17.1. The zero-order valence-electron chi connectivity index (χ0n) is 12.9. The fraction of sp³-hybridized carbons (Fsp3) is 0.333. The molecule has 24 heavy (non-hydrogen) atoms. The monoisotopic (exact) mass is 351 g/mol. The Morgan fingerprint density at radius 3 is 2.92 bits per heavy atom. The average Bonchev–Trinajstić information content (AvgIpc) is 2.54. The number of non-ortho nitro benzene ring substituents is 1. The van der Waals surface area contributed by atoms with E-state index in [1.807, 2.05) is 0 Å². The van der Waals surface area contributed by atoms with Crippen LogP contribution >= 0.6 is 12.2 Å². The molecule has 1 unspecified atom stereocenters. The van der Waals surface area contributed by atoms with E-state index >= 15 is 0 Å². The number of nitro groups is 1. The molecule has 1 heterocycles. The highest BCUT2D eigenvalue weighted by Gasteiger charge is 2.29. The minimum atomic E-state index is -0.621. The second-order valence-corrected chi connectivity index (χ2v) is 5.59. The number of nitrogens with one attached hydrogen (secondary N) is 2. The summed E-state index contributed by atoms with van der Waals surface area (Å²) in [5.41, 5.74) is 1.50. The number of carbonyl (C=O) groups excluding carboxylic acids is 1. The zero-order valence-corrected chi connectivity index (χ0v) is 13.8. The van der Waals surface area contributed by atoms with E-state index in [0.29, 0.717) is 22.8 Å². The largest absolute Gasteiger partial charge is 0.462 e. The number of carbonyl (C=O) groups is 1. The maximum absolute atomic E-state index is 12.2. The highest BCUT2D eigenvalue weighted by molar-refractivity contribution is 7.80. The number of nitrogens with zero attached hydrogens (tertiary/aromatic N) is 1. The first-order valence-electron chi connectivity index (χ1n) is 7.22. The van der Waals surface area contributed by atoms with E-state index in [4.69, 9.17) is 17.0 Å². The minimum Gasteiger partial charge on any atom is -0.462 e. The Kier molecular flexibility index (Phi) is 5.83. The minimum absolute atomic E-state index is 0.00748. The number of rotatable bonds is 6. The summed E-state index contributed by atoms with van der Waals surface area (Å²) in [6, 6.07) is 5.53. The summed E-state index contributed by atoms with van der Waals surface area (Å²) >= 11 is 4.98. The van der Waals surface area contributed by atoms with Crippen LogP contribution in [0, 0.1) is 10.1 Å². The molecule has 1 aliphatic rings. The van der Waals surface area contributed by atoms with E-state index in [1.165, 1.54) is 12.1 Å². The number of aliphatic hydroxyl groups is 1. The number of aliphatic hydroxyl groups excluding tert-OH is 1. The van der Waals surface area contributed by atoms with E-state index in [0.717, 1.165) is 0 Å². The lowest BCUT2D eigenvalue weighted by Crippen LogP contribution is -2.51. The molecular formula is C15H17N3O5S. The number of benzene rings is 1. The summed E-state index contributed by atoms with van der Waals surface area (Å²) in [4.78, 5) is 22.5. The third-order valence-corrected chi connectivity index (χ3v) is 3.73. The first-order chi connectivity index (χ1) is 11.4. The van der Waals surface area contributed by atoms with Crippen LogP contribution in [0.5, 0.6) is 0 Å². The highest BCUT2D eigenvalue weighted by atomic mass is 32.1. The molecule has 128 valence electrons. The molecule has 1 aromatic rings. The Hall–Kier alpha value is -2.52. The van der Waals surface area contributed by atoms with Crippen LogP contribution in [0.2, 0.25) is 0 Å². The zero-order chi connectivity index (χ0) is 17.7. The Bertz CT molecular complexity index is 704. The van der Waals surface area contributed by atoms with Gasteiger partial charge >= 0.3 is 5.97 Å². The van der Waals surface area contributed by atoms with Gasteiger partial charge in [0.25, 0.3) is 5.69 Å². The van der Waals surface area contributed by atoms with Gasteiger partial charge in [-0.15, -0.1) is 0 Å². The van der Waals surface area contributed by atoms with E-state index in [9.17, 15) is 20.0 Å². The summed E-state index contributed by atoms with van der Waals surface area (Å²) in [6.07, 6.45) is 0.350. The summed E-state index contributed by atoms with van der Waals surface area (Å²) in [7, 11) is 0. The summed E-state index contributed by atoms with van der Waals surface area (Å²) in [5, 5.41) is 26.1. The van der Waals surface area contributed by atoms with Crippen LogP contribution in [0.15, 0.2) is 35.5 Å². The lowest BCUT2D eigenvalue weighted by atomic mass is 10.0. The molecule has 0 bridgehead atoms. The third kappa shape index (κ3) is 4.27. The van der Waals surface area contributed by atoms with Crippen LogP contribution in [0.3, 0.4) is 0 Å². The Morgan fingerprint density at radius 1 is 1.50 bits per heavy atom. The van der Waals surface area contributed by atoms with Crippen LogP contribution in [0.25, 0.3) is 0 Å². The van der Waals surface area contributed by atoms with Gasteiger partial charge in [0.1, 0.15) is 0 Å². The number of ether oxygens (including phenoxy) is 1. The van der Waals surface area contributed by atoms with Gasteiger partial charge in [-0.2, -0.15) is 0 Å². The maximum atomic E-state index is 12.2. The number of hydrogen-bond acceptors (Lipinski definition) is 6. The number of hydrogen-bond donors (Lipinski definition) is 3. The number of esters is 1. The Balaban J connectivity index is 1.98. The summed E-state index contributed by atoms with van der Waals surface area (Å²) in [6.45, 7) is 1.45. The van der Waals surface area contributed by atoms with Gasteiger partial charge in [0.15, 0.2) is 5.11 Å². The molecule has 0 spiro atoms. The van der Waals surface area contributed by atoms with Crippen LogP contribution in [0.4, 0.5) is 5.69 Å². The Morgan fingerprint density at radius 2 is 2.25 bits per heavy atom. The fourth-order valence-corrected chi connectivity index (χ4v) is 2.66. The van der Waals surface area contributed by atoms with Crippen LogP contribution in [-0.2, 0) is 16.0 Å². The van der Waals surface area contributed by atoms with Gasteiger partial charge in [-0.05, 0) is 24.7 Å². The van der Waals surface area contributed by atoms with Gasteiger partial charge in [-0.3, -0.25) is 10.1 Å². The van der Waals surface area contributed by atoms with Crippen LogP contribution in [-0.4, -0.2) is 40.4 Å². The van der Waals surface area contributed by atoms with Gasteiger partial charge in [0.2, 0.25) is 0 Å². The highest BCUT2D eigenvalue weighted by Crippen LogP contribution is 2.16. The first-order valence-corrected chi connectivity index (χ1v) is 7.62. The number of allylic oxidation sites excluding steroid dienone is 1. The van der Waals surface area contributed by atoms with Gasteiger partial charge in [-0.25, -0.2) is 4.79 Å². The van der Waals surface area contributed by atoms with E-state index in [-0.39, 0.29) is 24.5 Å². The molecular weight excluding hydrogens is 334 g/mol. The van der Waals surface area contributed by atoms with Crippen molar-refractivity contribution in [2.75, 3.05) is 13.2 Å². The van der Waals surface area contributed by atoms with Gasteiger partial charge in [-0.1, -0.05) is 12.1 Å². The maximum Gasteiger partial charge on any atom is 0.337 e. The van der Waals surface area contributed by atoms with Crippen molar-refractivity contribution in [3.05, 3.63) is 51.2 Å². The second kappa shape index (κ2) is 7.84. The average molecular weight is 351 g/mol. The summed E-state index contributed by atoms with van der Waals surface area (Å²) < 4.78 is 5.22. The molecule has 0 saturated heterocycles. The predicted molar refractivity (Wildman–Crippen MR) is 90.2 cm³/mol. The molecule has 2 rings (SSSR count). The lowest BCUT2D eigenvalue weighted by molar-refractivity contribution is -0.384. The van der Waals surface area contributed by atoms with Crippen LogP contribution in [0.1, 0.15) is 12.5 Å². The molecule has 0 fully saturated rings. The van der Waals surface area contributed by atoms with Gasteiger partial charge in [0.05, 0.1) is 29.8 Å². The Labute approximate surface area is 143 Å². The van der Waals surface area contributed by atoms with E-state index in [1.54, 1.807) is 19.1 Å². The van der Waals surface area contributed by atoms with Crippen molar-refractivity contribution in [3.63, 3.8) is 0 Å². The molecule has 8 nitrogen and oxygen atoms in total.